The Balaban J connectivity index is 1.30. The van der Waals surface area contributed by atoms with Gasteiger partial charge in [-0.3, -0.25) is 0 Å². The summed E-state index contributed by atoms with van der Waals surface area (Å²) in [7, 11) is 0. The summed E-state index contributed by atoms with van der Waals surface area (Å²) < 4.78 is 24.8. The predicted octanol–water partition coefficient (Wildman–Crippen LogP) is 4.20. The van der Waals surface area contributed by atoms with Crippen LogP contribution in [0.15, 0.2) is 60.7 Å². The zero-order valence-electron chi connectivity index (χ0n) is 21.1. The standard InChI is InChI=1S/C28H35N3O5/c1-4-29-27(32)31(15-14-21-16-20-12-8-9-13-22(20)30-21)17-23-24(33-18-19-10-6-5-7-11-19)25-26(34-23)36-28(2,3)35-25/h5-13,16,23-26,30H,4,14-15,17-18H2,1-3H3,(H,29,32). The van der Waals surface area contributed by atoms with Gasteiger partial charge in [0, 0.05) is 30.7 Å². The molecule has 0 radical (unpaired) electrons. The van der Waals surface area contributed by atoms with Crippen molar-refractivity contribution in [2.45, 2.75) is 64.2 Å². The fraction of sp³-hybridized carbons (Fsp3) is 0.464. The minimum atomic E-state index is -0.746. The van der Waals surface area contributed by atoms with Crippen LogP contribution in [0.2, 0.25) is 0 Å². The lowest BCUT2D eigenvalue weighted by Crippen LogP contribution is -2.48. The Morgan fingerprint density at radius 1 is 1.11 bits per heavy atom. The average molecular weight is 494 g/mol. The molecule has 2 saturated heterocycles. The molecule has 2 amide bonds. The zero-order valence-corrected chi connectivity index (χ0v) is 21.1. The van der Waals surface area contributed by atoms with Crippen molar-refractivity contribution in [1.29, 1.82) is 0 Å². The molecular formula is C28H35N3O5. The molecule has 8 heteroatoms. The summed E-state index contributed by atoms with van der Waals surface area (Å²) in [6.45, 7) is 7.54. The van der Waals surface area contributed by atoms with Gasteiger partial charge in [0.15, 0.2) is 12.1 Å². The van der Waals surface area contributed by atoms with Gasteiger partial charge in [-0.1, -0.05) is 48.5 Å². The SMILES string of the molecule is CCNC(=O)N(CCc1cc2ccccc2[nH]1)CC1OC2OC(C)(C)OC2C1OCc1ccccc1. The number of nitrogens with one attached hydrogen (secondary N) is 2. The molecule has 0 spiro atoms. The first kappa shape index (κ1) is 24.8. The van der Waals surface area contributed by atoms with Crippen LogP contribution in [0.4, 0.5) is 4.79 Å². The topological polar surface area (TPSA) is 85.1 Å². The van der Waals surface area contributed by atoms with Crippen molar-refractivity contribution in [3.8, 4) is 0 Å². The molecule has 4 atom stereocenters. The van der Waals surface area contributed by atoms with Crippen molar-refractivity contribution in [3.05, 3.63) is 71.9 Å². The number of nitrogens with zero attached hydrogens (tertiary/aromatic N) is 1. The van der Waals surface area contributed by atoms with E-state index < -0.39 is 12.1 Å². The minimum Gasteiger partial charge on any atom is -0.368 e. The molecule has 0 saturated carbocycles. The van der Waals surface area contributed by atoms with Crippen LogP contribution in [0.1, 0.15) is 32.0 Å². The first-order valence-electron chi connectivity index (χ1n) is 12.7. The van der Waals surface area contributed by atoms with E-state index in [1.807, 2.05) is 63.2 Å². The minimum absolute atomic E-state index is 0.127. The van der Waals surface area contributed by atoms with E-state index in [2.05, 4.69) is 28.5 Å². The molecule has 2 aromatic carbocycles. The number of aromatic amines is 1. The molecule has 3 aromatic rings. The third kappa shape index (κ3) is 5.57. The summed E-state index contributed by atoms with van der Waals surface area (Å²) in [4.78, 5) is 18.3. The van der Waals surface area contributed by atoms with E-state index in [4.69, 9.17) is 18.9 Å². The Hall–Kier alpha value is -2.91. The number of H-pyrrole nitrogens is 1. The summed E-state index contributed by atoms with van der Waals surface area (Å²) in [5.74, 6) is -0.746. The van der Waals surface area contributed by atoms with E-state index in [9.17, 15) is 4.79 Å². The summed E-state index contributed by atoms with van der Waals surface area (Å²) >= 11 is 0. The van der Waals surface area contributed by atoms with Crippen molar-refractivity contribution in [3.63, 3.8) is 0 Å². The number of carbonyl (C=O) groups is 1. The first-order valence-corrected chi connectivity index (χ1v) is 12.7. The lowest BCUT2D eigenvalue weighted by atomic mass is 10.1. The van der Waals surface area contributed by atoms with Gasteiger partial charge in [-0.2, -0.15) is 0 Å². The van der Waals surface area contributed by atoms with Crippen molar-refractivity contribution < 1.29 is 23.7 Å². The number of fused-ring (bicyclic) bond motifs is 2. The number of urea groups is 1. The number of para-hydroxylation sites is 1. The third-order valence-corrected chi connectivity index (χ3v) is 6.62. The fourth-order valence-corrected chi connectivity index (χ4v) is 4.94. The number of aromatic nitrogens is 1. The Kier molecular flexibility index (Phi) is 7.29. The maximum absolute atomic E-state index is 13.0. The average Bonchev–Trinajstić information content (AvgIpc) is 3.50. The van der Waals surface area contributed by atoms with Gasteiger partial charge in [0.1, 0.15) is 18.3 Å². The summed E-state index contributed by atoms with van der Waals surface area (Å²) in [6, 6.07) is 20.2. The van der Waals surface area contributed by atoms with Crippen LogP contribution in [-0.2, 0) is 32.0 Å². The van der Waals surface area contributed by atoms with Gasteiger partial charge in [0.25, 0.3) is 0 Å². The van der Waals surface area contributed by atoms with Crippen LogP contribution < -0.4 is 5.32 Å². The molecule has 4 unspecified atom stereocenters. The number of rotatable bonds is 9. The Morgan fingerprint density at radius 3 is 2.67 bits per heavy atom. The van der Waals surface area contributed by atoms with Crippen LogP contribution in [0.25, 0.3) is 10.9 Å². The number of carbonyl (C=O) groups excluding carboxylic acids is 1. The van der Waals surface area contributed by atoms with Gasteiger partial charge < -0.3 is 34.1 Å². The largest absolute Gasteiger partial charge is 0.368 e. The molecule has 0 aliphatic carbocycles. The van der Waals surface area contributed by atoms with E-state index in [-0.39, 0.29) is 24.3 Å². The molecular weight excluding hydrogens is 458 g/mol. The highest BCUT2D eigenvalue weighted by Gasteiger charge is 2.55. The number of hydrogen-bond acceptors (Lipinski definition) is 5. The second-order valence-corrected chi connectivity index (χ2v) is 9.82. The summed E-state index contributed by atoms with van der Waals surface area (Å²) in [5.41, 5.74) is 3.24. The van der Waals surface area contributed by atoms with Gasteiger partial charge in [-0.25, -0.2) is 4.79 Å². The number of benzene rings is 2. The zero-order chi connectivity index (χ0) is 25.1. The van der Waals surface area contributed by atoms with Crippen molar-refractivity contribution in [1.82, 2.24) is 15.2 Å². The van der Waals surface area contributed by atoms with Crippen molar-refractivity contribution in [2.75, 3.05) is 19.6 Å². The maximum atomic E-state index is 13.0. The molecule has 2 fully saturated rings. The molecule has 5 rings (SSSR count). The van der Waals surface area contributed by atoms with E-state index in [0.717, 1.165) is 22.2 Å². The van der Waals surface area contributed by atoms with Crippen LogP contribution in [0, 0.1) is 0 Å². The van der Waals surface area contributed by atoms with Crippen molar-refractivity contribution in [2.24, 2.45) is 0 Å². The molecule has 1 aromatic heterocycles. The van der Waals surface area contributed by atoms with E-state index in [0.29, 0.717) is 32.7 Å². The fourth-order valence-electron chi connectivity index (χ4n) is 4.94. The number of amides is 2. The van der Waals surface area contributed by atoms with Crippen LogP contribution in [0.3, 0.4) is 0 Å². The smallest absolute Gasteiger partial charge is 0.317 e. The Labute approximate surface area is 211 Å². The highest BCUT2D eigenvalue weighted by atomic mass is 16.8. The second-order valence-electron chi connectivity index (χ2n) is 9.82. The molecule has 8 nitrogen and oxygen atoms in total. The summed E-state index contributed by atoms with van der Waals surface area (Å²) in [6.07, 6.45) is -0.956. The van der Waals surface area contributed by atoms with Gasteiger partial charge in [0.2, 0.25) is 0 Å². The van der Waals surface area contributed by atoms with Crippen LogP contribution in [-0.4, -0.2) is 65.9 Å². The van der Waals surface area contributed by atoms with Crippen LogP contribution in [0.5, 0.6) is 0 Å². The van der Waals surface area contributed by atoms with Gasteiger partial charge >= 0.3 is 6.03 Å². The molecule has 2 N–H and O–H groups in total. The quantitative estimate of drug-likeness (QED) is 0.467. The lowest BCUT2D eigenvalue weighted by molar-refractivity contribution is -0.220. The molecule has 36 heavy (non-hydrogen) atoms. The second kappa shape index (κ2) is 10.6. The lowest BCUT2D eigenvalue weighted by Gasteiger charge is -2.30. The number of ether oxygens (including phenoxy) is 4. The first-order chi connectivity index (χ1) is 17.4. The third-order valence-electron chi connectivity index (χ3n) is 6.62. The van der Waals surface area contributed by atoms with E-state index >= 15 is 0 Å². The Morgan fingerprint density at radius 2 is 1.89 bits per heavy atom. The Bertz CT molecular complexity index is 1130. The normalized spacial score (nSPS) is 24.6. The molecule has 3 heterocycles. The van der Waals surface area contributed by atoms with Gasteiger partial charge in [0.05, 0.1) is 13.2 Å². The highest BCUT2D eigenvalue weighted by Crippen LogP contribution is 2.39. The monoisotopic (exact) mass is 493 g/mol. The predicted molar refractivity (Wildman–Crippen MR) is 136 cm³/mol. The van der Waals surface area contributed by atoms with Crippen molar-refractivity contribution >= 4 is 16.9 Å². The van der Waals surface area contributed by atoms with E-state index in [1.165, 1.54) is 0 Å². The van der Waals surface area contributed by atoms with Gasteiger partial charge in [-0.05, 0) is 43.9 Å². The molecule has 2 aliphatic heterocycles. The molecule has 192 valence electrons. The summed E-state index contributed by atoms with van der Waals surface area (Å²) in [5, 5.41) is 4.10. The molecule has 2 aliphatic rings. The van der Waals surface area contributed by atoms with E-state index in [1.54, 1.807) is 4.90 Å². The van der Waals surface area contributed by atoms with Crippen LogP contribution >= 0.6 is 0 Å². The van der Waals surface area contributed by atoms with Gasteiger partial charge in [-0.15, -0.1) is 0 Å². The number of hydrogen-bond donors (Lipinski definition) is 2. The maximum Gasteiger partial charge on any atom is 0.317 e. The highest BCUT2D eigenvalue weighted by molar-refractivity contribution is 5.80. The molecule has 0 bridgehead atoms.